The summed E-state index contributed by atoms with van der Waals surface area (Å²) in [5.74, 6) is -5.76. The molecular weight excluding hydrogens is 578 g/mol. The molecule has 2 fully saturated rings. The number of hydrogen-bond donors (Lipinski definition) is 2. The molecule has 2 aromatic rings. The Morgan fingerprint density at radius 2 is 1.89 bits per heavy atom. The minimum atomic E-state index is -1.69. The second-order valence-corrected chi connectivity index (χ2v) is 9.75. The van der Waals surface area contributed by atoms with Gasteiger partial charge in [0.1, 0.15) is 5.82 Å². The van der Waals surface area contributed by atoms with Crippen molar-refractivity contribution in [1.82, 2.24) is 20.1 Å². The molecule has 2 aliphatic heterocycles. The minimum Gasteiger partial charge on any atom is -0.379 e. The molecule has 12 heteroatoms. The van der Waals surface area contributed by atoms with Crippen molar-refractivity contribution in [2.24, 2.45) is 5.92 Å². The number of likely N-dealkylation sites (tertiary alicyclic amines) is 1. The topological polar surface area (TPSA) is 86.8 Å². The number of halogens is 4. The molecule has 0 saturated carbocycles. The number of carbonyl (C=O) groups is 2. The van der Waals surface area contributed by atoms with E-state index in [4.69, 9.17) is 4.74 Å². The monoisotopic (exact) mass is 603 g/mol. The highest BCUT2D eigenvalue weighted by Crippen LogP contribution is 2.31. The molecule has 2 saturated heterocycles. The molecule has 0 aliphatic carbocycles. The Balaban J connectivity index is 1.40. The fourth-order valence-electron chi connectivity index (χ4n) is 3.96. The molecule has 8 nitrogen and oxygen atoms in total. The van der Waals surface area contributed by atoms with Crippen LogP contribution in [0.3, 0.4) is 0 Å². The van der Waals surface area contributed by atoms with Crippen LogP contribution in [0.4, 0.5) is 24.7 Å². The maximum absolute atomic E-state index is 14.7. The number of morpholine rings is 1. The Kier molecular flexibility index (Phi) is 8.12. The van der Waals surface area contributed by atoms with E-state index in [0.717, 1.165) is 16.7 Å². The minimum absolute atomic E-state index is 0.100. The molecule has 4 rings (SSSR count). The van der Waals surface area contributed by atoms with Crippen LogP contribution in [0.2, 0.25) is 0 Å². The lowest BCUT2D eigenvalue weighted by Crippen LogP contribution is -2.56. The highest BCUT2D eigenvalue weighted by molar-refractivity contribution is 14.1. The lowest BCUT2D eigenvalue weighted by Gasteiger charge is -2.38. The number of nitrogens with one attached hydrogen (secondary N) is 2. The Hall–Kier alpha value is -2.45. The SMILES string of the molecule is Cc1cc(I)cnc1Nc1c(C(=O)N2CC(C(=O)NCCN3CCOCC3)C2)cc(F)c(F)c1F. The Morgan fingerprint density at radius 1 is 1.17 bits per heavy atom. The Morgan fingerprint density at radius 3 is 2.57 bits per heavy atom. The second kappa shape index (κ2) is 11.1. The van der Waals surface area contributed by atoms with E-state index in [2.05, 4.69) is 43.1 Å². The van der Waals surface area contributed by atoms with E-state index in [1.54, 1.807) is 13.0 Å². The van der Waals surface area contributed by atoms with Crippen molar-refractivity contribution in [2.75, 3.05) is 57.8 Å². The highest BCUT2D eigenvalue weighted by Gasteiger charge is 2.37. The van der Waals surface area contributed by atoms with Crippen molar-refractivity contribution in [3.05, 3.63) is 50.5 Å². The van der Waals surface area contributed by atoms with Gasteiger partial charge in [-0.05, 0) is 47.2 Å². The van der Waals surface area contributed by atoms with Gasteiger partial charge < -0.3 is 20.3 Å². The summed E-state index contributed by atoms with van der Waals surface area (Å²) in [6.45, 7) is 6.09. The zero-order valence-electron chi connectivity index (χ0n) is 19.0. The summed E-state index contributed by atoms with van der Waals surface area (Å²) in [6.07, 6.45) is 1.52. The van der Waals surface area contributed by atoms with Crippen LogP contribution < -0.4 is 10.6 Å². The molecular formula is C23H25F3IN5O3. The first kappa shape index (κ1) is 25.6. The molecule has 1 aromatic heterocycles. The largest absolute Gasteiger partial charge is 0.379 e. The number of amides is 2. The van der Waals surface area contributed by atoms with Gasteiger partial charge in [-0.15, -0.1) is 0 Å². The lowest BCUT2D eigenvalue weighted by atomic mass is 9.97. The molecule has 35 heavy (non-hydrogen) atoms. The summed E-state index contributed by atoms with van der Waals surface area (Å²) in [6, 6.07) is 2.44. The van der Waals surface area contributed by atoms with Crippen LogP contribution in [0.1, 0.15) is 15.9 Å². The number of aromatic nitrogens is 1. The summed E-state index contributed by atoms with van der Waals surface area (Å²) >= 11 is 2.06. The number of benzene rings is 1. The van der Waals surface area contributed by atoms with Gasteiger partial charge in [0.15, 0.2) is 17.5 Å². The molecule has 1 aromatic carbocycles. The average molecular weight is 603 g/mol. The van der Waals surface area contributed by atoms with E-state index >= 15 is 0 Å². The number of aryl methyl sites for hydroxylation is 1. The van der Waals surface area contributed by atoms with Crippen LogP contribution in [0.25, 0.3) is 0 Å². The summed E-state index contributed by atoms with van der Waals surface area (Å²) in [5, 5.41) is 5.51. The van der Waals surface area contributed by atoms with Gasteiger partial charge in [-0.1, -0.05) is 0 Å². The summed E-state index contributed by atoms with van der Waals surface area (Å²) in [7, 11) is 0. The maximum atomic E-state index is 14.7. The third-order valence-corrected chi connectivity index (χ3v) is 6.64. The number of carbonyl (C=O) groups excluding carboxylic acids is 2. The first-order valence-electron chi connectivity index (χ1n) is 11.2. The molecule has 2 N–H and O–H groups in total. The molecule has 0 spiro atoms. The van der Waals surface area contributed by atoms with Crippen LogP contribution in [-0.2, 0) is 9.53 Å². The van der Waals surface area contributed by atoms with E-state index in [-0.39, 0.29) is 30.4 Å². The van der Waals surface area contributed by atoms with Crippen molar-refractivity contribution in [2.45, 2.75) is 6.92 Å². The van der Waals surface area contributed by atoms with Gasteiger partial charge >= 0.3 is 0 Å². The Bertz CT molecular complexity index is 1120. The molecule has 0 bridgehead atoms. The Labute approximate surface area is 214 Å². The smallest absolute Gasteiger partial charge is 0.256 e. The van der Waals surface area contributed by atoms with Crippen molar-refractivity contribution < 1.29 is 27.5 Å². The molecule has 0 atom stereocenters. The van der Waals surface area contributed by atoms with E-state index in [1.807, 2.05) is 0 Å². The normalized spacial score (nSPS) is 16.7. The summed E-state index contributed by atoms with van der Waals surface area (Å²) in [5.41, 5.74) is -0.228. The quantitative estimate of drug-likeness (QED) is 0.374. The zero-order chi connectivity index (χ0) is 25.1. The first-order valence-corrected chi connectivity index (χ1v) is 12.3. The predicted octanol–water partition coefficient (Wildman–Crippen LogP) is 2.68. The van der Waals surface area contributed by atoms with Gasteiger partial charge in [-0.2, -0.15) is 0 Å². The second-order valence-electron chi connectivity index (χ2n) is 8.51. The van der Waals surface area contributed by atoms with Crippen molar-refractivity contribution >= 4 is 45.9 Å². The average Bonchev–Trinajstić information content (AvgIpc) is 2.80. The third-order valence-electron chi connectivity index (χ3n) is 6.05. The maximum Gasteiger partial charge on any atom is 0.256 e. The number of pyridine rings is 1. The predicted molar refractivity (Wildman–Crippen MR) is 131 cm³/mol. The summed E-state index contributed by atoms with van der Waals surface area (Å²) in [4.78, 5) is 33.1. The number of rotatable bonds is 7. The van der Waals surface area contributed by atoms with Crippen LogP contribution in [-0.4, -0.2) is 79.1 Å². The summed E-state index contributed by atoms with van der Waals surface area (Å²) < 4.78 is 48.9. The van der Waals surface area contributed by atoms with Gasteiger partial charge in [0.05, 0.1) is 30.4 Å². The lowest BCUT2D eigenvalue weighted by molar-refractivity contribution is -0.129. The van der Waals surface area contributed by atoms with Crippen LogP contribution in [0.5, 0.6) is 0 Å². The van der Waals surface area contributed by atoms with E-state index in [9.17, 15) is 22.8 Å². The number of ether oxygens (including phenoxy) is 1. The zero-order valence-corrected chi connectivity index (χ0v) is 21.2. The number of hydrogen-bond acceptors (Lipinski definition) is 6. The number of nitrogens with zero attached hydrogens (tertiary/aromatic N) is 3. The van der Waals surface area contributed by atoms with Gasteiger partial charge in [0.2, 0.25) is 5.91 Å². The first-order chi connectivity index (χ1) is 16.7. The van der Waals surface area contributed by atoms with Gasteiger partial charge in [0, 0.05) is 49.0 Å². The fourth-order valence-corrected chi connectivity index (χ4v) is 4.57. The molecule has 2 aliphatic rings. The highest BCUT2D eigenvalue weighted by atomic mass is 127. The van der Waals surface area contributed by atoms with Gasteiger partial charge in [0.25, 0.3) is 5.91 Å². The van der Waals surface area contributed by atoms with Gasteiger partial charge in [-0.3, -0.25) is 14.5 Å². The molecule has 0 unspecified atom stereocenters. The number of anilines is 2. The van der Waals surface area contributed by atoms with E-state index < -0.39 is 35.0 Å². The fraction of sp³-hybridized carbons (Fsp3) is 0.435. The standard InChI is InChI=1S/C23H25F3IN5O3/c1-13-8-15(27)10-29-21(13)30-20-16(9-17(24)18(25)19(20)26)23(34)32-11-14(12-32)22(33)28-2-3-31-4-6-35-7-5-31/h8-10,14H,2-7,11-12H2,1H3,(H,28,33)(H,29,30). The van der Waals surface area contributed by atoms with E-state index in [0.29, 0.717) is 37.9 Å². The van der Waals surface area contributed by atoms with E-state index in [1.165, 1.54) is 11.1 Å². The third kappa shape index (κ3) is 5.86. The van der Waals surface area contributed by atoms with Crippen LogP contribution >= 0.6 is 22.6 Å². The van der Waals surface area contributed by atoms with Crippen LogP contribution in [0, 0.1) is 33.9 Å². The van der Waals surface area contributed by atoms with Crippen LogP contribution in [0.15, 0.2) is 18.3 Å². The van der Waals surface area contributed by atoms with Gasteiger partial charge in [-0.25, -0.2) is 18.2 Å². The molecule has 188 valence electrons. The molecule has 0 radical (unpaired) electrons. The molecule has 2 amide bonds. The van der Waals surface area contributed by atoms with Crippen molar-refractivity contribution in [3.8, 4) is 0 Å². The van der Waals surface area contributed by atoms with Crippen molar-refractivity contribution in [1.29, 1.82) is 0 Å². The molecule has 3 heterocycles. The van der Waals surface area contributed by atoms with Crippen molar-refractivity contribution in [3.63, 3.8) is 0 Å².